The Morgan fingerprint density at radius 3 is 2.48 bits per heavy atom. The van der Waals surface area contributed by atoms with Gasteiger partial charge in [-0.05, 0) is 35.4 Å². The minimum Gasteiger partial charge on any atom is -0.356 e. The molecular formula is C19H25ClFIN4O2S. The molecule has 0 amide bonds. The summed E-state index contributed by atoms with van der Waals surface area (Å²) in [7, 11) is -2.12. The van der Waals surface area contributed by atoms with Crippen molar-refractivity contribution in [1.29, 1.82) is 0 Å². The van der Waals surface area contributed by atoms with Gasteiger partial charge in [-0.1, -0.05) is 43.6 Å². The molecule has 6 nitrogen and oxygen atoms in total. The van der Waals surface area contributed by atoms with E-state index in [0.717, 1.165) is 11.1 Å². The predicted molar refractivity (Wildman–Crippen MR) is 126 cm³/mol. The Hall–Kier alpha value is -1.43. The molecule has 2 aromatic rings. The maximum Gasteiger partial charge on any atom is 0.238 e. The Morgan fingerprint density at radius 1 is 1.21 bits per heavy atom. The maximum absolute atomic E-state index is 13.3. The first kappa shape index (κ1) is 25.6. The Bertz CT molecular complexity index is 984. The molecule has 10 heteroatoms. The summed E-state index contributed by atoms with van der Waals surface area (Å²) in [4.78, 5) is 4.22. The highest BCUT2D eigenvalue weighted by Gasteiger charge is 2.24. The van der Waals surface area contributed by atoms with Gasteiger partial charge in [0.25, 0.3) is 0 Å². The van der Waals surface area contributed by atoms with Gasteiger partial charge in [-0.3, -0.25) is 4.99 Å². The molecule has 0 aliphatic heterocycles. The zero-order chi connectivity index (χ0) is 20.9. The largest absolute Gasteiger partial charge is 0.356 e. The zero-order valence-electron chi connectivity index (χ0n) is 16.4. The Labute approximate surface area is 193 Å². The fraction of sp³-hybridized carbons (Fsp3) is 0.316. The highest BCUT2D eigenvalue weighted by Crippen LogP contribution is 2.29. The van der Waals surface area contributed by atoms with Crippen LogP contribution >= 0.6 is 35.6 Å². The van der Waals surface area contributed by atoms with Crippen LogP contribution in [0.25, 0.3) is 0 Å². The molecular weight excluding hydrogens is 530 g/mol. The number of nitrogens with two attached hydrogens (primary N) is 1. The van der Waals surface area contributed by atoms with Crippen molar-refractivity contribution in [3.8, 4) is 0 Å². The smallest absolute Gasteiger partial charge is 0.238 e. The summed E-state index contributed by atoms with van der Waals surface area (Å²) in [5.74, 6) is 0.157. The van der Waals surface area contributed by atoms with E-state index in [1.807, 2.05) is 13.8 Å². The van der Waals surface area contributed by atoms with E-state index in [2.05, 4.69) is 15.6 Å². The van der Waals surface area contributed by atoms with Crippen LogP contribution in [-0.2, 0) is 22.0 Å². The van der Waals surface area contributed by atoms with Gasteiger partial charge >= 0.3 is 0 Å². The molecule has 160 valence electrons. The minimum atomic E-state index is -3.75. The monoisotopic (exact) mass is 554 g/mol. The lowest BCUT2D eigenvalue weighted by Gasteiger charge is -2.27. The van der Waals surface area contributed by atoms with Crippen molar-refractivity contribution in [2.45, 2.75) is 30.7 Å². The number of sulfonamides is 1. The molecule has 0 aliphatic rings. The van der Waals surface area contributed by atoms with E-state index in [9.17, 15) is 12.8 Å². The molecule has 0 bridgehead atoms. The lowest BCUT2D eigenvalue weighted by molar-refractivity contribution is 0.507. The first-order chi connectivity index (χ1) is 13.0. The number of primary sulfonamides is 1. The van der Waals surface area contributed by atoms with Crippen molar-refractivity contribution in [1.82, 2.24) is 10.6 Å². The third-order valence-corrected chi connectivity index (χ3v) is 5.49. The molecule has 0 radical (unpaired) electrons. The number of aliphatic imine (C=N–C) groups is 1. The fourth-order valence-electron chi connectivity index (χ4n) is 2.68. The van der Waals surface area contributed by atoms with Crippen molar-refractivity contribution < 1.29 is 12.8 Å². The summed E-state index contributed by atoms with van der Waals surface area (Å²) in [5, 5.41) is 11.9. The first-order valence-electron chi connectivity index (χ1n) is 8.55. The molecule has 0 aliphatic carbocycles. The second kappa shape index (κ2) is 10.6. The molecule has 0 unspecified atom stereocenters. The van der Waals surface area contributed by atoms with E-state index >= 15 is 0 Å². The van der Waals surface area contributed by atoms with E-state index in [0.29, 0.717) is 24.1 Å². The van der Waals surface area contributed by atoms with E-state index < -0.39 is 10.0 Å². The summed E-state index contributed by atoms with van der Waals surface area (Å²) in [6.45, 7) is 4.83. The van der Waals surface area contributed by atoms with E-state index in [1.54, 1.807) is 25.2 Å². The number of hydrogen-bond donors (Lipinski definition) is 3. The van der Waals surface area contributed by atoms with Gasteiger partial charge in [0, 0.05) is 30.6 Å². The fourth-order valence-corrected chi connectivity index (χ4v) is 3.68. The van der Waals surface area contributed by atoms with Gasteiger partial charge in [0.1, 0.15) is 5.82 Å². The minimum absolute atomic E-state index is 0. The quantitative estimate of drug-likeness (QED) is 0.290. The van der Waals surface area contributed by atoms with Gasteiger partial charge in [0.2, 0.25) is 10.0 Å². The Morgan fingerprint density at radius 2 is 1.90 bits per heavy atom. The average molecular weight is 555 g/mol. The number of halogens is 3. The SMILES string of the molecule is CN=C(NCc1cccc(S(N)(=O)=O)c1)NCC(C)(C)c1ccc(F)cc1Cl.I. The van der Waals surface area contributed by atoms with Gasteiger partial charge in [0.15, 0.2) is 5.96 Å². The zero-order valence-corrected chi connectivity index (χ0v) is 20.3. The summed E-state index contributed by atoms with van der Waals surface area (Å²) in [5.41, 5.74) is 1.19. The molecule has 4 N–H and O–H groups in total. The third-order valence-electron chi connectivity index (χ3n) is 4.27. The second-order valence-corrected chi connectivity index (χ2v) is 8.95. The normalized spacial score (nSPS) is 12.3. The summed E-state index contributed by atoms with van der Waals surface area (Å²) in [6, 6.07) is 10.7. The van der Waals surface area contributed by atoms with Crippen molar-refractivity contribution >= 4 is 51.6 Å². The lowest BCUT2D eigenvalue weighted by Crippen LogP contribution is -2.43. The molecule has 2 aromatic carbocycles. The Balaban J connectivity index is 0.00000420. The highest BCUT2D eigenvalue weighted by molar-refractivity contribution is 14.0. The number of rotatable bonds is 6. The molecule has 0 fully saturated rings. The number of nitrogens with zero attached hydrogens (tertiary/aromatic N) is 1. The number of nitrogens with one attached hydrogen (secondary N) is 2. The molecule has 0 saturated carbocycles. The molecule has 2 rings (SSSR count). The highest BCUT2D eigenvalue weighted by atomic mass is 127. The number of guanidine groups is 1. The van der Waals surface area contributed by atoms with Crippen LogP contribution in [0.4, 0.5) is 4.39 Å². The first-order valence-corrected chi connectivity index (χ1v) is 10.5. The van der Waals surface area contributed by atoms with Gasteiger partial charge in [0.05, 0.1) is 4.90 Å². The standard InChI is InChI=1S/C19H24ClFN4O2S.HI/c1-19(2,16-8-7-14(21)10-17(16)20)12-25-18(23-3)24-11-13-5-4-6-15(9-13)28(22,26)27;/h4-10H,11-12H2,1-3H3,(H2,22,26,27)(H2,23,24,25);1H. The predicted octanol–water partition coefficient (Wildman–Crippen LogP) is 3.39. The van der Waals surface area contributed by atoms with Gasteiger partial charge < -0.3 is 10.6 Å². The third kappa shape index (κ3) is 7.40. The second-order valence-electron chi connectivity index (χ2n) is 6.98. The maximum atomic E-state index is 13.3. The van der Waals surface area contributed by atoms with Gasteiger partial charge in [-0.25, -0.2) is 17.9 Å². The molecule has 29 heavy (non-hydrogen) atoms. The lowest BCUT2D eigenvalue weighted by atomic mass is 9.84. The van der Waals surface area contributed by atoms with Crippen LogP contribution in [0.5, 0.6) is 0 Å². The molecule has 0 aromatic heterocycles. The van der Waals surface area contributed by atoms with Crippen LogP contribution in [0.2, 0.25) is 5.02 Å². The van der Waals surface area contributed by atoms with Crippen LogP contribution in [0.1, 0.15) is 25.0 Å². The van der Waals surface area contributed by atoms with Crippen LogP contribution in [0.15, 0.2) is 52.4 Å². The number of hydrogen-bond acceptors (Lipinski definition) is 3. The van der Waals surface area contributed by atoms with Crippen molar-refractivity contribution in [3.05, 3.63) is 64.4 Å². The van der Waals surface area contributed by atoms with Crippen molar-refractivity contribution in [2.24, 2.45) is 10.1 Å². The Kier molecular flexibility index (Phi) is 9.32. The molecule has 0 heterocycles. The van der Waals surface area contributed by atoms with Gasteiger partial charge in [-0.2, -0.15) is 0 Å². The van der Waals surface area contributed by atoms with Crippen molar-refractivity contribution in [2.75, 3.05) is 13.6 Å². The van der Waals surface area contributed by atoms with Crippen LogP contribution < -0.4 is 15.8 Å². The summed E-state index contributed by atoms with van der Waals surface area (Å²) < 4.78 is 36.2. The van der Waals surface area contributed by atoms with E-state index in [4.69, 9.17) is 16.7 Å². The van der Waals surface area contributed by atoms with E-state index in [-0.39, 0.29) is 40.1 Å². The molecule has 0 spiro atoms. The van der Waals surface area contributed by atoms with Crippen LogP contribution in [0.3, 0.4) is 0 Å². The molecule has 0 atom stereocenters. The van der Waals surface area contributed by atoms with Crippen LogP contribution in [0, 0.1) is 5.82 Å². The average Bonchev–Trinajstić information content (AvgIpc) is 2.61. The van der Waals surface area contributed by atoms with Crippen LogP contribution in [-0.4, -0.2) is 28.0 Å². The topological polar surface area (TPSA) is 96.6 Å². The van der Waals surface area contributed by atoms with E-state index in [1.165, 1.54) is 24.3 Å². The summed E-state index contributed by atoms with van der Waals surface area (Å²) in [6.07, 6.45) is 0. The van der Waals surface area contributed by atoms with Crippen molar-refractivity contribution in [3.63, 3.8) is 0 Å². The summed E-state index contributed by atoms with van der Waals surface area (Å²) >= 11 is 6.18. The van der Waals surface area contributed by atoms with Gasteiger partial charge in [-0.15, -0.1) is 24.0 Å². The molecule has 0 saturated heterocycles. The number of benzene rings is 2.